The summed E-state index contributed by atoms with van der Waals surface area (Å²) in [6.45, 7) is 0.790. The Bertz CT molecular complexity index is 545. The van der Waals surface area contributed by atoms with Gasteiger partial charge in [0.05, 0.1) is 6.42 Å². The van der Waals surface area contributed by atoms with Crippen LogP contribution in [0.2, 0.25) is 0 Å². The first-order valence-electron chi connectivity index (χ1n) is 5.76. The van der Waals surface area contributed by atoms with Crippen molar-refractivity contribution < 1.29 is 14.3 Å². The Morgan fingerprint density at radius 2 is 2.32 bits per heavy atom. The zero-order valence-electron chi connectivity index (χ0n) is 10.1. The molecule has 1 N–H and O–H groups in total. The van der Waals surface area contributed by atoms with Crippen molar-refractivity contribution in [3.05, 3.63) is 47.2 Å². The maximum atomic E-state index is 13.1. The van der Waals surface area contributed by atoms with Gasteiger partial charge in [-0.1, -0.05) is 12.1 Å². The van der Waals surface area contributed by atoms with Crippen molar-refractivity contribution in [1.82, 2.24) is 4.98 Å². The van der Waals surface area contributed by atoms with Crippen LogP contribution in [0.1, 0.15) is 12.0 Å². The quantitative estimate of drug-likeness (QED) is 0.884. The van der Waals surface area contributed by atoms with Gasteiger partial charge >= 0.3 is 5.97 Å². The Labute approximate surface area is 114 Å². The number of benzene rings is 1. The summed E-state index contributed by atoms with van der Waals surface area (Å²) in [5.74, 6) is -1.16. The molecule has 0 bridgehead atoms. The van der Waals surface area contributed by atoms with Crippen LogP contribution in [0.5, 0.6) is 0 Å². The number of aromatic nitrogens is 1. The molecule has 100 valence electrons. The monoisotopic (exact) mass is 280 g/mol. The second kappa shape index (κ2) is 6.29. The van der Waals surface area contributed by atoms with E-state index in [1.54, 1.807) is 12.3 Å². The Morgan fingerprint density at radius 1 is 1.47 bits per heavy atom. The number of aliphatic carboxylic acids is 1. The van der Waals surface area contributed by atoms with Crippen LogP contribution in [0.3, 0.4) is 0 Å². The molecule has 0 aliphatic rings. The molecule has 0 atom stereocenters. The smallest absolute Gasteiger partial charge is 0.305 e. The third-order valence-corrected chi connectivity index (χ3v) is 3.38. The molecule has 1 aromatic heterocycles. The highest BCUT2D eigenvalue weighted by Crippen LogP contribution is 2.20. The van der Waals surface area contributed by atoms with E-state index in [1.165, 1.54) is 23.5 Å². The topological polar surface area (TPSA) is 53.4 Å². The largest absolute Gasteiger partial charge is 0.481 e. The molecule has 6 heteroatoms. The van der Waals surface area contributed by atoms with Crippen molar-refractivity contribution in [3.8, 4) is 0 Å². The van der Waals surface area contributed by atoms with E-state index in [-0.39, 0.29) is 12.2 Å². The van der Waals surface area contributed by atoms with Crippen LogP contribution in [0, 0.1) is 5.82 Å². The van der Waals surface area contributed by atoms with Gasteiger partial charge in [0.25, 0.3) is 0 Å². The molecular formula is C13H13FN2O2S. The lowest BCUT2D eigenvalue weighted by molar-refractivity contribution is -0.136. The number of carbonyl (C=O) groups is 1. The first-order chi connectivity index (χ1) is 9.15. The number of carboxylic acid groups (broad SMARTS) is 1. The van der Waals surface area contributed by atoms with Gasteiger partial charge in [0, 0.05) is 24.7 Å². The fourth-order valence-electron chi connectivity index (χ4n) is 1.70. The number of hydrogen-bond donors (Lipinski definition) is 1. The van der Waals surface area contributed by atoms with Crippen molar-refractivity contribution >= 4 is 22.4 Å². The normalized spacial score (nSPS) is 10.4. The van der Waals surface area contributed by atoms with Crippen molar-refractivity contribution in [2.24, 2.45) is 0 Å². The Morgan fingerprint density at radius 3 is 2.95 bits per heavy atom. The van der Waals surface area contributed by atoms with E-state index in [4.69, 9.17) is 5.11 Å². The minimum Gasteiger partial charge on any atom is -0.481 e. The summed E-state index contributed by atoms with van der Waals surface area (Å²) in [6.07, 6.45) is 1.69. The minimum absolute atomic E-state index is 0.0227. The molecule has 0 aliphatic carbocycles. The van der Waals surface area contributed by atoms with E-state index >= 15 is 0 Å². The molecule has 0 amide bonds. The molecule has 19 heavy (non-hydrogen) atoms. The van der Waals surface area contributed by atoms with Gasteiger partial charge in [-0.2, -0.15) is 0 Å². The van der Waals surface area contributed by atoms with E-state index < -0.39 is 5.97 Å². The lowest BCUT2D eigenvalue weighted by Gasteiger charge is -2.21. The van der Waals surface area contributed by atoms with E-state index in [2.05, 4.69) is 4.98 Å². The second-order valence-corrected chi connectivity index (χ2v) is 4.88. The van der Waals surface area contributed by atoms with Crippen LogP contribution in [-0.2, 0) is 11.3 Å². The van der Waals surface area contributed by atoms with Crippen molar-refractivity contribution in [2.45, 2.75) is 13.0 Å². The average molecular weight is 280 g/mol. The summed E-state index contributed by atoms with van der Waals surface area (Å²) in [4.78, 5) is 16.7. The fraction of sp³-hybridized carbons (Fsp3) is 0.231. The molecule has 0 spiro atoms. The SMILES string of the molecule is O=C(O)CCN(Cc1cccc(F)c1)c1nccs1. The molecule has 4 nitrogen and oxygen atoms in total. The molecule has 0 fully saturated rings. The van der Waals surface area contributed by atoms with E-state index in [0.29, 0.717) is 13.1 Å². The molecule has 0 aliphatic heterocycles. The minimum atomic E-state index is -0.860. The van der Waals surface area contributed by atoms with Gasteiger partial charge < -0.3 is 10.0 Å². The van der Waals surface area contributed by atoms with Crippen LogP contribution in [-0.4, -0.2) is 22.6 Å². The summed E-state index contributed by atoms with van der Waals surface area (Å²) < 4.78 is 13.1. The maximum absolute atomic E-state index is 13.1. The average Bonchev–Trinajstić information content (AvgIpc) is 2.88. The highest BCUT2D eigenvalue weighted by Gasteiger charge is 2.12. The Hall–Kier alpha value is -1.95. The number of thiazole rings is 1. The third kappa shape index (κ3) is 4.03. The first kappa shape index (κ1) is 13.5. The fourth-order valence-corrected chi connectivity index (χ4v) is 2.37. The second-order valence-electron chi connectivity index (χ2n) is 4.01. The number of anilines is 1. The molecule has 0 saturated carbocycles. The molecule has 2 rings (SSSR count). The zero-order chi connectivity index (χ0) is 13.7. The molecule has 2 aromatic rings. The number of carboxylic acids is 1. The summed E-state index contributed by atoms with van der Waals surface area (Å²) in [5, 5.41) is 11.3. The van der Waals surface area contributed by atoms with Gasteiger partial charge in [0.2, 0.25) is 0 Å². The van der Waals surface area contributed by atoms with Crippen LogP contribution in [0.25, 0.3) is 0 Å². The highest BCUT2D eigenvalue weighted by molar-refractivity contribution is 7.13. The number of rotatable bonds is 6. The maximum Gasteiger partial charge on any atom is 0.305 e. The lowest BCUT2D eigenvalue weighted by Crippen LogP contribution is -2.25. The number of hydrogen-bond acceptors (Lipinski definition) is 4. The summed E-state index contributed by atoms with van der Waals surface area (Å²) in [5.41, 5.74) is 0.792. The van der Waals surface area contributed by atoms with Gasteiger partial charge in [0.15, 0.2) is 5.13 Å². The molecule has 0 unspecified atom stereocenters. The molecular weight excluding hydrogens is 267 g/mol. The van der Waals surface area contributed by atoms with Gasteiger partial charge in [0.1, 0.15) is 5.82 Å². The van der Waals surface area contributed by atoms with Crippen LogP contribution >= 0.6 is 11.3 Å². The zero-order valence-corrected chi connectivity index (χ0v) is 10.9. The van der Waals surface area contributed by atoms with E-state index in [0.717, 1.165) is 10.7 Å². The molecule has 0 saturated heterocycles. The summed E-state index contributed by atoms with van der Waals surface area (Å²) in [6, 6.07) is 6.28. The van der Waals surface area contributed by atoms with Crippen molar-refractivity contribution in [2.75, 3.05) is 11.4 Å². The molecule has 0 radical (unpaired) electrons. The predicted molar refractivity (Wildman–Crippen MR) is 71.8 cm³/mol. The van der Waals surface area contributed by atoms with Crippen LogP contribution < -0.4 is 4.90 Å². The summed E-state index contributed by atoms with van der Waals surface area (Å²) in [7, 11) is 0. The van der Waals surface area contributed by atoms with Gasteiger partial charge in [-0.3, -0.25) is 4.79 Å². The third-order valence-electron chi connectivity index (χ3n) is 2.55. The number of nitrogens with zero attached hydrogens (tertiary/aromatic N) is 2. The molecule has 1 aromatic carbocycles. The number of halogens is 1. The van der Waals surface area contributed by atoms with E-state index in [1.807, 2.05) is 16.3 Å². The molecule has 1 heterocycles. The first-order valence-corrected chi connectivity index (χ1v) is 6.64. The van der Waals surface area contributed by atoms with Gasteiger partial charge in [-0.25, -0.2) is 9.37 Å². The standard InChI is InChI=1S/C13H13FN2O2S/c14-11-3-1-2-10(8-11)9-16(6-4-12(17)18)13-15-5-7-19-13/h1-3,5,7-8H,4,6,9H2,(H,17,18). The summed E-state index contributed by atoms with van der Waals surface area (Å²) >= 11 is 1.43. The van der Waals surface area contributed by atoms with Crippen LogP contribution in [0.4, 0.5) is 9.52 Å². The Kier molecular flexibility index (Phi) is 4.46. The predicted octanol–water partition coefficient (Wildman–Crippen LogP) is 2.76. The lowest BCUT2D eigenvalue weighted by atomic mass is 10.2. The van der Waals surface area contributed by atoms with Gasteiger partial charge in [-0.15, -0.1) is 11.3 Å². The van der Waals surface area contributed by atoms with Crippen molar-refractivity contribution in [3.63, 3.8) is 0 Å². The van der Waals surface area contributed by atoms with E-state index in [9.17, 15) is 9.18 Å². The highest BCUT2D eigenvalue weighted by atomic mass is 32.1. The Balaban J connectivity index is 2.11. The van der Waals surface area contributed by atoms with Crippen molar-refractivity contribution in [1.29, 1.82) is 0 Å². The van der Waals surface area contributed by atoms with Crippen LogP contribution in [0.15, 0.2) is 35.8 Å². The van der Waals surface area contributed by atoms with Gasteiger partial charge in [-0.05, 0) is 17.7 Å².